The first-order valence-corrected chi connectivity index (χ1v) is 6.71. The number of amides is 2. The van der Waals surface area contributed by atoms with E-state index in [0.29, 0.717) is 11.3 Å². The Balaban J connectivity index is 2.22. The van der Waals surface area contributed by atoms with E-state index < -0.39 is 5.91 Å². The fraction of sp³-hybridized carbons (Fsp3) is 0.0714. The molecule has 2 aromatic rings. The minimum atomic E-state index is -0.406. The normalized spacial score (nSPS) is 10.0. The number of nitrogens with one attached hydrogen (secondary N) is 2. The first kappa shape index (κ1) is 15.3. The SMILES string of the molecule is CNC(=O)c1ccc(NC(=O)c2ccncc2Cl)c(Cl)c1. The number of carbonyl (C=O) groups is 2. The van der Waals surface area contributed by atoms with Crippen molar-refractivity contribution < 1.29 is 9.59 Å². The summed E-state index contributed by atoms with van der Waals surface area (Å²) in [7, 11) is 1.53. The number of pyridine rings is 1. The second-order valence-electron chi connectivity index (χ2n) is 4.08. The zero-order valence-corrected chi connectivity index (χ0v) is 12.5. The molecule has 0 spiro atoms. The van der Waals surface area contributed by atoms with Gasteiger partial charge in [0.25, 0.3) is 11.8 Å². The summed E-state index contributed by atoms with van der Waals surface area (Å²) in [6.45, 7) is 0. The van der Waals surface area contributed by atoms with Gasteiger partial charge in [-0.3, -0.25) is 14.6 Å². The fourth-order valence-corrected chi connectivity index (χ4v) is 2.08. The topological polar surface area (TPSA) is 71.1 Å². The number of aromatic nitrogens is 1. The lowest BCUT2D eigenvalue weighted by Gasteiger charge is -2.09. The van der Waals surface area contributed by atoms with Crippen LogP contribution in [0.15, 0.2) is 36.7 Å². The molecule has 0 aliphatic heterocycles. The van der Waals surface area contributed by atoms with E-state index in [2.05, 4.69) is 15.6 Å². The Bertz CT molecular complexity index is 704. The second kappa shape index (κ2) is 6.56. The van der Waals surface area contributed by atoms with Gasteiger partial charge in [0.2, 0.25) is 0 Å². The van der Waals surface area contributed by atoms with Gasteiger partial charge >= 0.3 is 0 Å². The lowest BCUT2D eigenvalue weighted by molar-refractivity contribution is 0.0962. The van der Waals surface area contributed by atoms with Crippen molar-refractivity contribution in [2.75, 3.05) is 12.4 Å². The maximum atomic E-state index is 12.1. The van der Waals surface area contributed by atoms with Crippen molar-refractivity contribution in [1.82, 2.24) is 10.3 Å². The van der Waals surface area contributed by atoms with Crippen LogP contribution < -0.4 is 10.6 Å². The van der Waals surface area contributed by atoms with Crippen LogP contribution in [0.4, 0.5) is 5.69 Å². The Morgan fingerprint density at radius 3 is 2.48 bits per heavy atom. The minimum Gasteiger partial charge on any atom is -0.355 e. The Kier molecular flexibility index (Phi) is 4.77. The Morgan fingerprint density at radius 2 is 1.86 bits per heavy atom. The van der Waals surface area contributed by atoms with Crippen molar-refractivity contribution >= 4 is 40.7 Å². The summed E-state index contributed by atoms with van der Waals surface area (Å²) in [5, 5.41) is 5.63. The molecule has 0 bridgehead atoms. The largest absolute Gasteiger partial charge is 0.355 e. The van der Waals surface area contributed by atoms with Crippen molar-refractivity contribution in [3.63, 3.8) is 0 Å². The molecule has 0 radical (unpaired) electrons. The van der Waals surface area contributed by atoms with E-state index in [-0.39, 0.29) is 21.5 Å². The molecule has 2 amide bonds. The molecule has 1 aromatic heterocycles. The molecule has 2 rings (SSSR count). The highest BCUT2D eigenvalue weighted by Crippen LogP contribution is 2.24. The van der Waals surface area contributed by atoms with Gasteiger partial charge in [-0.25, -0.2) is 0 Å². The number of anilines is 1. The molecular formula is C14H11Cl2N3O2. The fourth-order valence-electron chi connectivity index (χ4n) is 1.65. The summed E-state index contributed by atoms with van der Waals surface area (Å²) < 4.78 is 0. The van der Waals surface area contributed by atoms with Crippen LogP contribution in [-0.2, 0) is 0 Å². The van der Waals surface area contributed by atoms with Crippen molar-refractivity contribution in [2.24, 2.45) is 0 Å². The Morgan fingerprint density at radius 1 is 1.10 bits per heavy atom. The second-order valence-corrected chi connectivity index (χ2v) is 4.90. The van der Waals surface area contributed by atoms with Gasteiger partial charge < -0.3 is 10.6 Å². The van der Waals surface area contributed by atoms with E-state index in [9.17, 15) is 9.59 Å². The molecule has 0 aliphatic carbocycles. The molecule has 2 N–H and O–H groups in total. The molecule has 0 aliphatic rings. The zero-order valence-electron chi connectivity index (χ0n) is 11.0. The summed E-state index contributed by atoms with van der Waals surface area (Å²) in [6, 6.07) is 6.10. The highest BCUT2D eigenvalue weighted by atomic mass is 35.5. The van der Waals surface area contributed by atoms with E-state index in [1.807, 2.05) is 0 Å². The maximum absolute atomic E-state index is 12.1. The highest BCUT2D eigenvalue weighted by Gasteiger charge is 2.13. The lowest BCUT2D eigenvalue weighted by Crippen LogP contribution is -2.18. The van der Waals surface area contributed by atoms with Gasteiger partial charge in [-0.2, -0.15) is 0 Å². The molecule has 0 saturated heterocycles. The molecule has 108 valence electrons. The molecular weight excluding hydrogens is 313 g/mol. The lowest BCUT2D eigenvalue weighted by atomic mass is 10.2. The molecule has 0 unspecified atom stereocenters. The van der Waals surface area contributed by atoms with Gasteiger partial charge in [0.1, 0.15) is 0 Å². The van der Waals surface area contributed by atoms with E-state index in [1.165, 1.54) is 31.6 Å². The quantitative estimate of drug-likeness (QED) is 0.912. The Hall–Kier alpha value is -2.11. The van der Waals surface area contributed by atoms with Crippen molar-refractivity contribution in [2.45, 2.75) is 0 Å². The van der Waals surface area contributed by atoms with Gasteiger partial charge in [-0.15, -0.1) is 0 Å². The monoisotopic (exact) mass is 323 g/mol. The summed E-state index contributed by atoms with van der Waals surface area (Å²) in [6.07, 6.45) is 2.85. The molecule has 1 aromatic carbocycles. The third kappa shape index (κ3) is 3.51. The third-order valence-corrected chi connectivity index (χ3v) is 3.34. The smallest absolute Gasteiger partial charge is 0.257 e. The summed E-state index contributed by atoms with van der Waals surface area (Å²) in [5.74, 6) is -0.663. The van der Waals surface area contributed by atoms with Crippen molar-refractivity contribution in [3.05, 3.63) is 57.8 Å². The van der Waals surface area contributed by atoms with Gasteiger partial charge in [-0.1, -0.05) is 23.2 Å². The predicted molar refractivity (Wildman–Crippen MR) is 82.0 cm³/mol. The molecule has 5 nitrogen and oxygen atoms in total. The van der Waals surface area contributed by atoms with E-state index >= 15 is 0 Å². The molecule has 21 heavy (non-hydrogen) atoms. The predicted octanol–water partition coefficient (Wildman–Crippen LogP) is 3.00. The molecule has 0 atom stereocenters. The molecule has 0 fully saturated rings. The first-order chi connectivity index (χ1) is 10.0. The molecule has 1 heterocycles. The van der Waals surface area contributed by atoms with Crippen LogP contribution >= 0.6 is 23.2 Å². The van der Waals surface area contributed by atoms with Gasteiger partial charge in [0, 0.05) is 25.0 Å². The summed E-state index contributed by atoms with van der Waals surface area (Å²) in [4.78, 5) is 27.4. The highest BCUT2D eigenvalue weighted by molar-refractivity contribution is 6.36. The van der Waals surface area contributed by atoms with Crippen LogP contribution in [0.2, 0.25) is 10.0 Å². The number of rotatable bonds is 3. The summed E-state index contributed by atoms with van der Waals surface area (Å²) in [5.41, 5.74) is 1.09. The minimum absolute atomic E-state index is 0.244. The van der Waals surface area contributed by atoms with Crippen molar-refractivity contribution in [1.29, 1.82) is 0 Å². The van der Waals surface area contributed by atoms with Gasteiger partial charge in [-0.05, 0) is 24.3 Å². The average Bonchev–Trinajstić information content (AvgIpc) is 2.48. The summed E-state index contributed by atoms with van der Waals surface area (Å²) >= 11 is 12.0. The first-order valence-electron chi connectivity index (χ1n) is 5.95. The van der Waals surface area contributed by atoms with Crippen LogP contribution in [0.25, 0.3) is 0 Å². The Labute approximate surface area is 131 Å². The number of hydrogen-bond donors (Lipinski definition) is 2. The van der Waals surface area contributed by atoms with Crippen molar-refractivity contribution in [3.8, 4) is 0 Å². The molecule has 7 heteroatoms. The van der Waals surface area contributed by atoms with Crippen LogP contribution in [0.5, 0.6) is 0 Å². The standard InChI is InChI=1S/C14H11Cl2N3O2/c1-17-13(20)8-2-3-12(10(15)6-8)19-14(21)9-4-5-18-7-11(9)16/h2-7H,1H3,(H,17,20)(H,19,21). The number of halogens is 2. The molecule has 0 saturated carbocycles. The number of nitrogens with zero attached hydrogens (tertiary/aromatic N) is 1. The number of benzene rings is 1. The van der Waals surface area contributed by atoms with E-state index in [1.54, 1.807) is 12.1 Å². The van der Waals surface area contributed by atoms with E-state index in [4.69, 9.17) is 23.2 Å². The zero-order chi connectivity index (χ0) is 15.4. The average molecular weight is 324 g/mol. The van der Waals surface area contributed by atoms with E-state index in [0.717, 1.165) is 0 Å². The van der Waals surface area contributed by atoms with Gasteiger partial charge in [0.15, 0.2) is 0 Å². The number of carbonyl (C=O) groups excluding carboxylic acids is 2. The van der Waals surface area contributed by atoms with Crippen LogP contribution in [0, 0.1) is 0 Å². The van der Waals surface area contributed by atoms with Crippen LogP contribution in [0.3, 0.4) is 0 Å². The van der Waals surface area contributed by atoms with Crippen LogP contribution in [0.1, 0.15) is 20.7 Å². The number of hydrogen-bond acceptors (Lipinski definition) is 3. The third-order valence-electron chi connectivity index (χ3n) is 2.72. The van der Waals surface area contributed by atoms with Gasteiger partial charge in [0.05, 0.1) is 21.3 Å². The maximum Gasteiger partial charge on any atom is 0.257 e. The van der Waals surface area contributed by atoms with Crippen LogP contribution in [-0.4, -0.2) is 23.8 Å².